The van der Waals surface area contributed by atoms with E-state index in [1.807, 2.05) is 31.2 Å². The maximum absolute atomic E-state index is 12.3. The van der Waals surface area contributed by atoms with Crippen molar-refractivity contribution in [3.63, 3.8) is 0 Å². The van der Waals surface area contributed by atoms with E-state index in [0.717, 1.165) is 20.8 Å². The van der Waals surface area contributed by atoms with E-state index in [1.165, 1.54) is 13.1 Å². The molecule has 2 aromatic carbocycles. The van der Waals surface area contributed by atoms with Crippen LogP contribution in [0.25, 0.3) is 6.08 Å². The van der Waals surface area contributed by atoms with Gasteiger partial charge in [0.25, 0.3) is 0 Å². The number of sulfonamides is 1. The summed E-state index contributed by atoms with van der Waals surface area (Å²) in [5, 5.41) is 4.07. The van der Waals surface area contributed by atoms with Gasteiger partial charge in [-0.05, 0) is 30.7 Å². The number of hydrogen-bond acceptors (Lipinski definition) is 3. The first kappa shape index (κ1) is 19.2. The van der Waals surface area contributed by atoms with Gasteiger partial charge in [0, 0.05) is 12.5 Å². The van der Waals surface area contributed by atoms with Crippen LogP contribution in [-0.2, 0) is 14.8 Å². The highest BCUT2D eigenvalue weighted by molar-refractivity contribution is 7.92. The number of para-hydroxylation sites is 1. The van der Waals surface area contributed by atoms with E-state index in [2.05, 4.69) is 5.32 Å². The zero-order chi connectivity index (χ0) is 18.4. The topological polar surface area (TPSA) is 66.5 Å². The van der Waals surface area contributed by atoms with Crippen LogP contribution in [0.5, 0.6) is 0 Å². The molecule has 0 aliphatic heterocycles. The molecule has 0 radical (unpaired) electrons. The third-order valence-corrected chi connectivity index (χ3v) is 5.27. The average Bonchev–Trinajstić information content (AvgIpc) is 2.56. The van der Waals surface area contributed by atoms with E-state index in [9.17, 15) is 13.2 Å². The Morgan fingerprint density at radius 1 is 1.16 bits per heavy atom. The van der Waals surface area contributed by atoms with Gasteiger partial charge in [0.05, 0.1) is 17.3 Å². The van der Waals surface area contributed by atoms with E-state index in [0.29, 0.717) is 10.7 Å². The highest BCUT2D eigenvalue weighted by Crippen LogP contribution is 2.20. The van der Waals surface area contributed by atoms with Gasteiger partial charge in [-0.25, -0.2) is 8.42 Å². The zero-order valence-corrected chi connectivity index (χ0v) is 15.5. The fourth-order valence-electron chi connectivity index (χ4n) is 1.99. The number of benzene rings is 2. The van der Waals surface area contributed by atoms with Gasteiger partial charge in [-0.3, -0.25) is 4.79 Å². The lowest BCUT2D eigenvalue weighted by Crippen LogP contribution is -2.33. The molecular formula is C18H19ClN2O3S. The summed E-state index contributed by atoms with van der Waals surface area (Å²) in [5.41, 5.74) is 2.30. The molecule has 0 aliphatic carbocycles. The Balaban J connectivity index is 2.00. The van der Waals surface area contributed by atoms with Crippen LogP contribution in [0.4, 0.5) is 5.69 Å². The van der Waals surface area contributed by atoms with E-state index in [4.69, 9.17) is 11.6 Å². The molecule has 0 aromatic heterocycles. The molecule has 132 valence electrons. The number of hydrogen-bond donors (Lipinski definition) is 1. The van der Waals surface area contributed by atoms with Gasteiger partial charge in [-0.15, -0.1) is 0 Å². The van der Waals surface area contributed by atoms with Crippen molar-refractivity contribution in [2.75, 3.05) is 18.9 Å². The molecule has 0 atom stereocenters. The van der Waals surface area contributed by atoms with Crippen molar-refractivity contribution >= 4 is 39.3 Å². The normalized spacial score (nSPS) is 11.8. The molecule has 25 heavy (non-hydrogen) atoms. The quantitative estimate of drug-likeness (QED) is 0.836. The summed E-state index contributed by atoms with van der Waals surface area (Å²) in [6, 6.07) is 14.2. The van der Waals surface area contributed by atoms with Gasteiger partial charge in [0.1, 0.15) is 0 Å². The van der Waals surface area contributed by atoms with Crippen molar-refractivity contribution in [3.8, 4) is 0 Å². The van der Waals surface area contributed by atoms with Crippen molar-refractivity contribution in [1.29, 1.82) is 0 Å². The fourth-order valence-corrected chi connectivity index (χ4v) is 3.01. The standard InChI is InChI=1S/C18H19ClN2O3S/c1-14-7-9-15(10-8-14)11-12-25(23,24)21(2)13-18(22)20-17-6-4-3-5-16(17)19/h3-12H,13H2,1-2H3,(H,20,22). The number of anilines is 1. The Hall–Kier alpha value is -2.15. The largest absolute Gasteiger partial charge is 0.324 e. The number of halogens is 1. The molecule has 1 amide bonds. The summed E-state index contributed by atoms with van der Waals surface area (Å²) in [6.45, 7) is 1.64. The lowest BCUT2D eigenvalue weighted by Gasteiger charge is -2.14. The molecule has 0 saturated carbocycles. The lowest BCUT2D eigenvalue weighted by atomic mass is 10.2. The van der Waals surface area contributed by atoms with Crippen molar-refractivity contribution in [2.45, 2.75) is 6.92 Å². The van der Waals surface area contributed by atoms with Gasteiger partial charge < -0.3 is 5.32 Å². The predicted molar refractivity (Wildman–Crippen MR) is 102 cm³/mol. The molecule has 1 N–H and O–H groups in total. The van der Waals surface area contributed by atoms with E-state index in [-0.39, 0.29) is 6.54 Å². The molecule has 0 aliphatic rings. The number of nitrogens with one attached hydrogen (secondary N) is 1. The number of nitrogens with zero attached hydrogens (tertiary/aromatic N) is 1. The van der Waals surface area contributed by atoms with Crippen LogP contribution in [0, 0.1) is 6.92 Å². The minimum atomic E-state index is -3.71. The molecule has 0 spiro atoms. The van der Waals surface area contributed by atoms with Crippen LogP contribution in [0.15, 0.2) is 53.9 Å². The Labute approximate surface area is 153 Å². The summed E-state index contributed by atoms with van der Waals surface area (Å²) >= 11 is 5.97. The van der Waals surface area contributed by atoms with Crippen molar-refractivity contribution in [2.24, 2.45) is 0 Å². The van der Waals surface area contributed by atoms with E-state index >= 15 is 0 Å². The fraction of sp³-hybridized carbons (Fsp3) is 0.167. The third-order valence-electron chi connectivity index (χ3n) is 3.46. The Bertz CT molecular complexity index is 877. The molecule has 0 heterocycles. The Morgan fingerprint density at radius 2 is 1.80 bits per heavy atom. The molecule has 5 nitrogen and oxygen atoms in total. The first-order chi connectivity index (χ1) is 11.8. The third kappa shape index (κ3) is 5.70. The van der Waals surface area contributed by atoms with Gasteiger partial charge in [-0.1, -0.05) is 53.6 Å². The monoisotopic (exact) mass is 378 g/mol. The minimum absolute atomic E-state index is 0.314. The summed E-state index contributed by atoms with van der Waals surface area (Å²) in [4.78, 5) is 12.0. The van der Waals surface area contributed by atoms with Crippen LogP contribution in [0.3, 0.4) is 0 Å². The molecule has 0 fully saturated rings. The SMILES string of the molecule is Cc1ccc(C=CS(=O)(=O)N(C)CC(=O)Nc2ccccc2Cl)cc1. The summed E-state index contributed by atoms with van der Waals surface area (Å²) in [5.74, 6) is -0.470. The van der Waals surface area contributed by atoms with Crippen molar-refractivity contribution < 1.29 is 13.2 Å². The smallest absolute Gasteiger partial charge is 0.239 e. The molecule has 2 rings (SSSR count). The maximum atomic E-state index is 12.3. The van der Waals surface area contributed by atoms with Crippen LogP contribution in [-0.4, -0.2) is 32.2 Å². The molecule has 2 aromatic rings. The second-order valence-electron chi connectivity index (χ2n) is 5.54. The number of carbonyl (C=O) groups is 1. The van der Waals surface area contributed by atoms with E-state index < -0.39 is 15.9 Å². The van der Waals surface area contributed by atoms with Crippen LogP contribution in [0.2, 0.25) is 5.02 Å². The van der Waals surface area contributed by atoms with Gasteiger partial charge in [0.15, 0.2) is 0 Å². The molecular weight excluding hydrogens is 360 g/mol. The lowest BCUT2D eigenvalue weighted by molar-refractivity contribution is -0.116. The highest BCUT2D eigenvalue weighted by atomic mass is 35.5. The molecule has 0 saturated heterocycles. The molecule has 0 bridgehead atoms. The van der Waals surface area contributed by atoms with Crippen LogP contribution >= 0.6 is 11.6 Å². The predicted octanol–water partition coefficient (Wildman–Crippen LogP) is 3.52. The number of amides is 1. The van der Waals surface area contributed by atoms with Crippen molar-refractivity contribution in [1.82, 2.24) is 4.31 Å². The number of aryl methyl sites for hydroxylation is 1. The first-order valence-corrected chi connectivity index (χ1v) is 9.41. The molecule has 7 heteroatoms. The Morgan fingerprint density at radius 3 is 2.44 bits per heavy atom. The number of likely N-dealkylation sites (N-methyl/N-ethyl adjacent to an activating group) is 1. The van der Waals surface area contributed by atoms with Gasteiger partial charge in [0.2, 0.25) is 15.9 Å². The van der Waals surface area contributed by atoms with Gasteiger partial charge >= 0.3 is 0 Å². The second kappa shape index (κ2) is 8.29. The van der Waals surface area contributed by atoms with Crippen molar-refractivity contribution in [3.05, 3.63) is 70.1 Å². The minimum Gasteiger partial charge on any atom is -0.324 e. The van der Waals surface area contributed by atoms with E-state index in [1.54, 1.807) is 24.3 Å². The highest BCUT2D eigenvalue weighted by Gasteiger charge is 2.18. The van der Waals surface area contributed by atoms with Crippen LogP contribution < -0.4 is 5.32 Å². The number of carbonyl (C=O) groups excluding carboxylic acids is 1. The first-order valence-electron chi connectivity index (χ1n) is 7.53. The van der Waals surface area contributed by atoms with Crippen LogP contribution in [0.1, 0.15) is 11.1 Å². The summed E-state index contributed by atoms with van der Waals surface area (Å²) in [7, 11) is -2.36. The second-order valence-corrected chi connectivity index (χ2v) is 7.88. The summed E-state index contributed by atoms with van der Waals surface area (Å²) < 4.78 is 25.5. The zero-order valence-electron chi connectivity index (χ0n) is 13.9. The summed E-state index contributed by atoms with van der Waals surface area (Å²) in [6.07, 6.45) is 1.50. The van der Waals surface area contributed by atoms with Gasteiger partial charge in [-0.2, -0.15) is 4.31 Å². The molecule has 0 unspecified atom stereocenters. The Kier molecular flexibility index (Phi) is 6.36. The maximum Gasteiger partial charge on any atom is 0.239 e. The number of rotatable bonds is 6. The average molecular weight is 379 g/mol.